The lowest BCUT2D eigenvalue weighted by Crippen LogP contribution is -2.47. The molecule has 1 fully saturated rings. The van der Waals surface area contributed by atoms with Gasteiger partial charge in [0.2, 0.25) is 18.4 Å². The van der Waals surface area contributed by atoms with Crippen LogP contribution in [-0.4, -0.2) is 47.9 Å². The van der Waals surface area contributed by atoms with Crippen LogP contribution < -0.4 is 24.6 Å². The molecule has 1 saturated heterocycles. The van der Waals surface area contributed by atoms with Crippen molar-refractivity contribution in [2.24, 2.45) is 0 Å². The predicted octanol–water partition coefficient (Wildman–Crippen LogP) is 3.19. The van der Waals surface area contributed by atoms with Crippen molar-refractivity contribution in [3.8, 4) is 11.5 Å². The highest BCUT2D eigenvalue weighted by atomic mass is 19.1. The van der Waals surface area contributed by atoms with Crippen molar-refractivity contribution in [2.75, 3.05) is 48.1 Å². The van der Waals surface area contributed by atoms with E-state index in [1.807, 2.05) is 17.0 Å². The quantitative estimate of drug-likeness (QED) is 0.446. The van der Waals surface area contributed by atoms with Crippen LogP contribution in [0.25, 0.3) is 0 Å². The van der Waals surface area contributed by atoms with Crippen LogP contribution in [0.3, 0.4) is 0 Å². The fourth-order valence-corrected chi connectivity index (χ4v) is 3.96. The van der Waals surface area contributed by atoms with Gasteiger partial charge in [-0.2, -0.15) is 0 Å². The summed E-state index contributed by atoms with van der Waals surface area (Å²) in [7, 11) is 0. The zero-order valence-corrected chi connectivity index (χ0v) is 17.6. The normalized spacial score (nSPS) is 14.9. The summed E-state index contributed by atoms with van der Waals surface area (Å²) >= 11 is 0. The number of aromatic nitrogens is 2. The number of anilines is 3. The first-order valence-electron chi connectivity index (χ1n) is 10.5. The van der Waals surface area contributed by atoms with Crippen molar-refractivity contribution in [3.05, 3.63) is 70.3 Å². The first-order valence-corrected chi connectivity index (χ1v) is 10.5. The van der Waals surface area contributed by atoms with Crippen LogP contribution in [0.15, 0.2) is 48.8 Å². The van der Waals surface area contributed by atoms with Crippen molar-refractivity contribution in [3.63, 3.8) is 0 Å². The molecule has 0 amide bonds. The standard InChI is InChI=1S/C22H21FN6O4/c23-16-2-4-17(5-3-16)27-7-9-28(10-8-27)22-20(29(30)31)21(25-13-26-22)24-12-15-1-6-18-19(11-15)33-14-32-18/h1-6,11,13H,7-10,12,14H2,(H,24,25,26). The van der Waals surface area contributed by atoms with E-state index in [9.17, 15) is 14.5 Å². The minimum Gasteiger partial charge on any atom is -0.454 e. The average Bonchev–Trinajstić information content (AvgIpc) is 3.31. The van der Waals surface area contributed by atoms with Crippen molar-refractivity contribution in [1.82, 2.24) is 9.97 Å². The molecule has 170 valence electrons. The Morgan fingerprint density at radius 2 is 1.73 bits per heavy atom. The molecule has 1 N–H and O–H groups in total. The summed E-state index contributed by atoms with van der Waals surface area (Å²) in [5.41, 5.74) is 1.63. The number of fused-ring (bicyclic) bond motifs is 1. The van der Waals surface area contributed by atoms with E-state index < -0.39 is 4.92 Å². The second-order valence-electron chi connectivity index (χ2n) is 7.64. The molecular weight excluding hydrogens is 431 g/mol. The molecule has 0 bridgehead atoms. The van der Waals surface area contributed by atoms with Gasteiger partial charge in [0.15, 0.2) is 11.5 Å². The van der Waals surface area contributed by atoms with Crippen LogP contribution in [0, 0.1) is 15.9 Å². The maximum absolute atomic E-state index is 13.2. The molecule has 11 heteroatoms. The molecule has 5 rings (SSSR count). The van der Waals surface area contributed by atoms with Crippen molar-refractivity contribution >= 4 is 23.0 Å². The molecular formula is C22H21FN6O4. The molecule has 0 unspecified atom stereocenters. The van der Waals surface area contributed by atoms with E-state index in [-0.39, 0.29) is 29.9 Å². The Morgan fingerprint density at radius 1 is 1.00 bits per heavy atom. The zero-order valence-electron chi connectivity index (χ0n) is 17.6. The minimum absolute atomic E-state index is 0.156. The Balaban J connectivity index is 1.31. The van der Waals surface area contributed by atoms with Gasteiger partial charge in [0.1, 0.15) is 12.1 Å². The van der Waals surface area contributed by atoms with E-state index in [2.05, 4.69) is 20.2 Å². The molecule has 2 aliphatic rings. The van der Waals surface area contributed by atoms with Gasteiger partial charge in [-0.05, 0) is 42.0 Å². The molecule has 3 heterocycles. The van der Waals surface area contributed by atoms with Gasteiger partial charge in [0, 0.05) is 38.4 Å². The molecule has 33 heavy (non-hydrogen) atoms. The number of benzene rings is 2. The lowest BCUT2D eigenvalue weighted by Gasteiger charge is -2.36. The second kappa shape index (κ2) is 8.77. The Bertz CT molecular complexity index is 1170. The number of rotatable bonds is 6. The lowest BCUT2D eigenvalue weighted by atomic mass is 10.2. The number of nitrogens with zero attached hydrogens (tertiary/aromatic N) is 5. The van der Waals surface area contributed by atoms with Crippen LogP contribution in [0.5, 0.6) is 11.5 Å². The first kappa shape index (κ1) is 20.7. The third kappa shape index (κ3) is 4.29. The zero-order chi connectivity index (χ0) is 22.8. The minimum atomic E-state index is -0.455. The third-order valence-electron chi connectivity index (χ3n) is 5.65. The smallest absolute Gasteiger partial charge is 0.353 e. The monoisotopic (exact) mass is 452 g/mol. The van der Waals surface area contributed by atoms with Gasteiger partial charge in [0.05, 0.1) is 4.92 Å². The van der Waals surface area contributed by atoms with Crippen LogP contribution in [0.2, 0.25) is 0 Å². The van der Waals surface area contributed by atoms with Gasteiger partial charge in [-0.15, -0.1) is 0 Å². The average molecular weight is 452 g/mol. The summed E-state index contributed by atoms with van der Waals surface area (Å²) in [6, 6.07) is 11.8. The van der Waals surface area contributed by atoms with E-state index in [4.69, 9.17) is 9.47 Å². The topological polar surface area (TPSA) is 106 Å². The summed E-state index contributed by atoms with van der Waals surface area (Å²) in [4.78, 5) is 23.8. The third-order valence-corrected chi connectivity index (χ3v) is 5.65. The number of nitrogens with one attached hydrogen (secondary N) is 1. The second-order valence-corrected chi connectivity index (χ2v) is 7.64. The highest BCUT2D eigenvalue weighted by molar-refractivity contribution is 5.71. The lowest BCUT2D eigenvalue weighted by molar-refractivity contribution is -0.383. The van der Waals surface area contributed by atoms with Crippen LogP contribution in [0.1, 0.15) is 5.56 Å². The van der Waals surface area contributed by atoms with Gasteiger partial charge < -0.3 is 24.6 Å². The molecule has 0 saturated carbocycles. The van der Waals surface area contributed by atoms with E-state index in [0.717, 1.165) is 11.3 Å². The van der Waals surface area contributed by atoms with E-state index in [1.54, 1.807) is 18.2 Å². The van der Waals surface area contributed by atoms with Crippen LogP contribution in [-0.2, 0) is 6.54 Å². The Kier molecular flexibility index (Phi) is 5.51. The molecule has 2 aromatic carbocycles. The van der Waals surface area contributed by atoms with Gasteiger partial charge in [0.25, 0.3) is 0 Å². The number of hydrogen-bond donors (Lipinski definition) is 1. The largest absolute Gasteiger partial charge is 0.454 e. The molecule has 3 aromatic rings. The molecule has 0 atom stereocenters. The van der Waals surface area contributed by atoms with Gasteiger partial charge in [-0.3, -0.25) is 10.1 Å². The van der Waals surface area contributed by atoms with Gasteiger partial charge in [-0.25, -0.2) is 14.4 Å². The number of hydrogen-bond acceptors (Lipinski definition) is 9. The van der Waals surface area contributed by atoms with E-state index in [1.165, 1.54) is 18.5 Å². The van der Waals surface area contributed by atoms with Gasteiger partial charge in [-0.1, -0.05) is 6.07 Å². The molecule has 10 nitrogen and oxygen atoms in total. The molecule has 1 aromatic heterocycles. The molecule has 0 spiro atoms. The van der Waals surface area contributed by atoms with Crippen molar-refractivity contribution in [1.29, 1.82) is 0 Å². The van der Waals surface area contributed by atoms with Crippen molar-refractivity contribution in [2.45, 2.75) is 6.54 Å². The van der Waals surface area contributed by atoms with Crippen molar-refractivity contribution < 1.29 is 18.8 Å². The highest BCUT2D eigenvalue weighted by Crippen LogP contribution is 2.35. The Labute approximate surface area is 188 Å². The van der Waals surface area contributed by atoms with Crippen LogP contribution >= 0.6 is 0 Å². The number of nitro groups is 1. The van der Waals surface area contributed by atoms with E-state index in [0.29, 0.717) is 44.2 Å². The van der Waals surface area contributed by atoms with Gasteiger partial charge >= 0.3 is 5.69 Å². The number of piperazine rings is 1. The predicted molar refractivity (Wildman–Crippen MR) is 119 cm³/mol. The summed E-state index contributed by atoms with van der Waals surface area (Å²) in [5.74, 6) is 1.47. The number of ether oxygens (including phenoxy) is 2. The van der Waals surface area contributed by atoms with E-state index >= 15 is 0 Å². The molecule has 0 aliphatic carbocycles. The molecule has 0 radical (unpaired) electrons. The SMILES string of the molecule is O=[N+]([O-])c1c(NCc2ccc3c(c2)OCO3)ncnc1N1CCN(c2ccc(F)cc2)CC1. The Morgan fingerprint density at radius 3 is 2.48 bits per heavy atom. The highest BCUT2D eigenvalue weighted by Gasteiger charge is 2.29. The summed E-state index contributed by atoms with van der Waals surface area (Å²) in [6.07, 6.45) is 1.33. The summed E-state index contributed by atoms with van der Waals surface area (Å²) in [6.45, 7) is 2.85. The fraction of sp³-hybridized carbons (Fsp3) is 0.273. The maximum Gasteiger partial charge on any atom is 0.353 e. The molecule has 2 aliphatic heterocycles. The summed E-state index contributed by atoms with van der Waals surface area (Å²) < 4.78 is 23.9. The summed E-state index contributed by atoms with van der Waals surface area (Å²) in [5, 5.41) is 15.0. The maximum atomic E-state index is 13.2. The first-order chi connectivity index (χ1) is 16.1. The fourth-order valence-electron chi connectivity index (χ4n) is 3.96. The van der Waals surface area contributed by atoms with Crippen LogP contribution in [0.4, 0.5) is 27.4 Å². The Hall–Kier alpha value is -4.15. The number of halogens is 1.